The minimum absolute atomic E-state index is 0.0000108. The maximum Gasteiger partial charge on any atom is 0.290 e. The van der Waals surface area contributed by atoms with Crippen LogP contribution in [0, 0.1) is 11.3 Å². The fourth-order valence-electron chi connectivity index (χ4n) is 2.72. The summed E-state index contributed by atoms with van der Waals surface area (Å²) in [5.74, 6) is 1.06. The number of amides is 1. The van der Waals surface area contributed by atoms with Crippen molar-refractivity contribution in [2.45, 2.75) is 33.0 Å². The topological polar surface area (TPSA) is 79.4 Å². The van der Waals surface area contributed by atoms with E-state index in [9.17, 15) is 4.79 Å². The molecule has 1 amide bonds. The van der Waals surface area contributed by atoms with E-state index in [2.05, 4.69) is 11.1 Å². The molecule has 0 N–H and O–H groups in total. The molecule has 0 atom stereocenters. The molecule has 3 aromatic rings. The number of hydrogen-bond donors (Lipinski definition) is 0. The highest BCUT2D eigenvalue weighted by Crippen LogP contribution is 2.20. The third-order valence-electron chi connectivity index (χ3n) is 4.21. The van der Waals surface area contributed by atoms with Gasteiger partial charge < -0.3 is 14.1 Å². The molecule has 0 saturated heterocycles. The molecular weight excluding hydrogens is 354 g/mol. The first-order valence-electron chi connectivity index (χ1n) is 8.99. The molecule has 2 heterocycles. The normalized spacial score (nSPS) is 10.5. The molecule has 0 unspecified atom stereocenters. The van der Waals surface area contributed by atoms with E-state index in [1.54, 1.807) is 53.7 Å². The third-order valence-corrected chi connectivity index (χ3v) is 4.21. The zero-order valence-electron chi connectivity index (χ0n) is 15.8. The Bertz CT molecular complexity index is 974. The minimum atomic E-state index is -0.192. The molecule has 6 nitrogen and oxygen atoms in total. The summed E-state index contributed by atoms with van der Waals surface area (Å²) in [7, 11) is 0. The number of ether oxygens (including phenoxy) is 1. The Morgan fingerprint density at radius 3 is 2.75 bits per heavy atom. The average Bonchev–Trinajstić information content (AvgIpc) is 3.20. The zero-order chi connectivity index (χ0) is 19.9. The highest BCUT2D eigenvalue weighted by atomic mass is 16.5. The maximum atomic E-state index is 12.9. The summed E-state index contributed by atoms with van der Waals surface area (Å²) in [4.78, 5) is 18.7. The Labute approximate surface area is 164 Å². The molecule has 0 aliphatic heterocycles. The number of benzene rings is 1. The summed E-state index contributed by atoms with van der Waals surface area (Å²) >= 11 is 0. The molecule has 0 bridgehead atoms. The summed E-state index contributed by atoms with van der Waals surface area (Å²) < 4.78 is 11.4. The smallest absolute Gasteiger partial charge is 0.290 e. The van der Waals surface area contributed by atoms with Crippen molar-refractivity contribution in [2.75, 3.05) is 0 Å². The summed E-state index contributed by atoms with van der Waals surface area (Å²) in [6.45, 7) is 4.50. The molecule has 0 fully saturated rings. The van der Waals surface area contributed by atoms with Crippen molar-refractivity contribution in [2.24, 2.45) is 0 Å². The van der Waals surface area contributed by atoms with Crippen LogP contribution in [0.2, 0.25) is 0 Å². The highest BCUT2D eigenvalue weighted by Gasteiger charge is 2.22. The van der Waals surface area contributed by atoms with E-state index in [-0.39, 0.29) is 24.3 Å². The lowest BCUT2D eigenvalue weighted by Gasteiger charge is -2.25. The molecule has 0 aliphatic rings. The van der Waals surface area contributed by atoms with Gasteiger partial charge in [0, 0.05) is 25.0 Å². The van der Waals surface area contributed by atoms with Crippen molar-refractivity contribution in [1.29, 1.82) is 5.26 Å². The molecular formula is C22H21N3O3. The number of hydrogen-bond acceptors (Lipinski definition) is 5. The fraction of sp³-hybridized carbons (Fsp3) is 0.227. The lowest BCUT2D eigenvalue weighted by Crippen LogP contribution is -2.36. The molecule has 0 radical (unpaired) electrons. The predicted molar refractivity (Wildman–Crippen MR) is 103 cm³/mol. The van der Waals surface area contributed by atoms with E-state index in [0.717, 1.165) is 5.56 Å². The van der Waals surface area contributed by atoms with E-state index >= 15 is 0 Å². The fourth-order valence-corrected chi connectivity index (χ4v) is 2.72. The van der Waals surface area contributed by atoms with Gasteiger partial charge in [0.15, 0.2) is 5.76 Å². The van der Waals surface area contributed by atoms with Gasteiger partial charge in [0.05, 0.1) is 5.56 Å². The number of para-hydroxylation sites is 1. The van der Waals surface area contributed by atoms with Crippen LogP contribution < -0.4 is 4.74 Å². The number of rotatable bonds is 7. The zero-order valence-corrected chi connectivity index (χ0v) is 15.8. The Morgan fingerprint density at radius 2 is 2.04 bits per heavy atom. The van der Waals surface area contributed by atoms with Crippen molar-refractivity contribution in [1.82, 2.24) is 9.88 Å². The van der Waals surface area contributed by atoms with Gasteiger partial charge >= 0.3 is 0 Å². The van der Waals surface area contributed by atoms with Crippen molar-refractivity contribution in [3.8, 4) is 11.8 Å². The molecule has 0 saturated carbocycles. The van der Waals surface area contributed by atoms with Crippen LogP contribution in [0.1, 0.15) is 41.3 Å². The minimum Gasteiger partial charge on any atom is -0.484 e. The van der Waals surface area contributed by atoms with Crippen LogP contribution in [0.25, 0.3) is 0 Å². The Hall–Kier alpha value is -3.59. The second-order valence-electron chi connectivity index (χ2n) is 6.55. The summed E-state index contributed by atoms with van der Waals surface area (Å²) in [6.07, 6.45) is 3.45. The second kappa shape index (κ2) is 8.87. The lowest BCUT2D eigenvalue weighted by atomic mass is 10.2. The van der Waals surface area contributed by atoms with E-state index in [1.807, 2.05) is 26.0 Å². The van der Waals surface area contributed by atoms with Crippen LogP contribution in [0.3, 0.4) is 0 Å². The molecule has 0 spiro atoms. The molecule has 2 aromatic heterocycles. The molecule has 6 heteroatoms. The van der Waals surface area contributed by atoms with E-state index < -0.39 is 0 Å². The van der Waals surface area contributed by atoms with Crippen molar-refractivity contribution < 1.29 is 13.9 Å². The van der Waals surface area contributed by atoms with Crippen LogP contribution in [-0.2, 0) is 13.2 Å². The van der Waals surface area contributed by atoms with Crippen LogP contribution in [0.5, 0.6) is 5.75 Å². The Balaban J connectivity index is 1.69. The number of furan rings is 1. The van der Waals surface area contributed by atoms with Gasteiger partial charge in [-0.25, -0.2) is 0 Å². The summed E-state index contributed by atoms with van der Waals surface area (Å²) in [5, 5.41) is 9.12. The first-order chi connectivity index (χ1) is 13.6. The standard InChI is InChI=1S/C22H21N3O3/c1-16(2)25(14-17-6-5-11-24-13-17)22(26)21-10-9-19(28-21)15-27-20-8-4-3-7-18(20)12-23/h3-11,13,16H,14-15H2,1-2H3. The highest BCUT2D eigenvalue weighted by molar-refractivity contribution is 5.91. The van der Waals surface area contributed by atoms with Gasteiger partial charge in [-0.05, 0) is 49.7 Å². The van der Waals surface area contributed by atoms with Gasteiger partial charge in [-0.2, -0.15) is 5.26 Å². The van der Waals surface area contributed by atoms with Gasteiger partial charge in [0.25, 0.3) is 5.91 Å². The van der Waals surface area contributed by atoms with Crippen LogP contribution in [0.15, 0.2) is 65.3 Å². The Kier molecular flexibility index (Phi) is 6.07. The number of carbonyl (C=O) groups excluding carboxylic acids is 1. The first-order valence-corrected chi connectivity index (χ1v) is 8.99. The van der Waals surface area contributed by atoms with Gasteiger partial charge in [0.1, 0.15) is 24.2 Å². The summed E-state index contributed by atoms with van der Waals surface area (Å²) in [6, 6.07) is 16.2. The quantitative estimate of drug-likeness (QED) is 0.619. The van der Waals surface area contributed by atoms with E-state index in [0.29, 0.717) is 23.6 Å². The molecule has 28 heavy (non-hydrogen) atoms. The van der Waals surface area contributed by atoms with Crippen molar-refractivity contribution in [3.63, 3.8) is 0 Å². The molecule has 1 aromatic carbocycles. The van der Waals surface area contributed by atoms with Crippen molar-refractivity contribution in [3.05, 3.63) is 83.6 Å². The van der Waals surface area contributed by atoms with E-state index in [4.69, 9.17) is 14.4 Å². The SMILES string of the molecule is CC(C)N(Cc1cccnc1)C(=O)c1ccc(COc2ccccc2C#N)o1. The average molecular weight is 375 g/mol. The lowest BCUT2D eigenvalue weighted by molar-refractivity contribution is 0.0653. The number of nitrogens with zero attached hydrogens (tertiary/aromatic N) is 3. The third kappa shape index (κ3) is 4.57. The van der Waals surface area contributed by atoms with Gasteiger partial charge in [0.2, 0.25) is 0 Å². The molecule has 3 rings (SSSR count). The van der Waals surface area contributed by atoms with Crippen LogP contribution in [-0.4, -0.2) is 21.8 Å². The van der Waals surface area contributed by atoms with Crippen molar-refractivity contribution >= 4 is 5.91 Å². The van der Waals surface area contributed by atoms with Crippen LogP contribution in [0.4, 0.5) is 0 Å². The first kappa shape index (κ1) is 19.2. The molecule has 0 aliphatic carbocycles. The van der Waals surface area contributed by atoms with Gasteiger partial charge in [-0.15, -0.1) is 0 Å². The second-order valence-corrected chi connectivity index (χ2v) is 6.55. The predicted octanol–water partition coefficient (Wildman–Crippen LogP) is 4.18. The number of carbonyl (C=O) groups is 1. The largest absolute Gasteiger partial charge is 0.484 e. The number of pyridine rings is 1. The van der Waals surface area contributed by atoms with E-state index in [1.165, 1.54) is 0 Å². The van der Waals surface area contributed by atoms with Gasteiger partial charge in [-0.3, -0.25) is 9.78 Å². The van der Waals surface area contributed by atoms with Gasteiger partial charge in [-0.1, -0.05) is 18.2 Å². The maximum absolute atomic E-state index is 12.9. The molecule has 142 valence electrons. The number of aromatic nitrogens is 1. The summed E-state index contributed by atoms with van der Waals surface area (Å²) in [5.41, 5.74) is 1.40. The number of nitriles is 1. The monoisotopic (exact) mass is 375 g/mol. The Morgan fingerprint density at radius 1 is 1.21 bits per heavy atom. The van der Waals surface area contributed by atoms with Crippen LogP contribution >= 0.6 is 0 Å².